The summed E-state index contributed by atoms with van der Waals surface area (Å²) in [5.74, 6) is 0.0599. The van der Waals surface area contributed by atoms with Gasteiger partial charge in [0.15, 0.2) is 5.78 Å². The van der Waals surface area contributed by atoms with Crippen molar-refractivity contribution < 1.29 is 9.53 Å². The normalized spacial score (nSPS) is 12.4. The minimum Gasteiger partial charge on any atom is -0.366 e. The zero-order valence-electron chi connectivity index (χ0n) is 8.69. The number of ketones is 1. The Balaban J connectivity index is 2.73. The van der Waals surface area contributed by atoms with Gasteiger partial charge in [-0.15, -0.1) is 0 Å². The molecule has 0 spiro atoms. The van der Waals surface area contributed by atoms with Gasteiger partial charge in [-0.05, 0) is 18.9 Å². The quantitative estimate of drug-likeness (QED) is 0.717. The van der Waals surface area contributed by atoms with Crippen LogP contribution in [-0.4, -0.2) is 12.4 Å². The number of ether oxygens (including phenoxy) is 1. The highest BCUT2D eigenvalue weighted by Gasteiger charge is 2.15. The van der Waals surface area contributed by atoms with Crippen LogP contribution in [0.25, 0.3) is 0 Å². The molecule has 0 fully saturated rings. The van der Waals surface area contributed by atoms with Gasteiger partial charge in [-0.1, -0.05) is 37.3 Å². The van der Waals surface area contributed by atoms with Crippen molar-refractivity contribution in [2.75, 3.05) is 6.61 Å². The van der Waals surface area contributed by atoms with Crippen LogP contribution in [-0.2, 0) is 9.53 Å². The van der Waals surface area contributed by atoms with Gasteiger partial charge < -0.3 is 4.74 Å². The average Bonchev–Trinajstić information content (AvgIpc) is 2.19. The molecule has 1 atom stereocenters. The second-order valence-electron chi connectivity index (χ2n) is 3.27. The molecule has 1 aromatic carbocycles. The van der Waals surface area contributed by atoms with Crippen LogP contribution in [0.1, 0.15) is 31.9 Å². The van der Waals surface area contributed by atoms with Crippen LogP contribution in [0.15, 0.2) is 30.3 Å². The third-order valence-electron chi connectivity index (χ3n) is 1.96. The Kier molecular flexibility index (Phi) is 4.33. The molecule has 1 rings (SSSR count). The molecule has 0 aromatic heterocycles. The molecule has 0 amide bonds. The van der Waals surface area contributed by atoms with E-state index in [9.17, 15) is 4.79 Å². The lowest BCUT2D eigenvalue weighted by Gasteiger charge is -2.14. The van der Waals surface area contributed by atoms with Crippen LogP contribution in [0.3, 0.4) is 0 Å². The fourth-order valence-corrected chi connectivity index (χ4v) is 1.31. The number of hydrogen-bond donors (Lipinski definition) is 0. The van der Waals surface area contributed by atoms with Gasteiger partial charge >= 0.3 is 0 Å². The molecule has 0 aliphatic rings. The summed E-state index contributed by atoms with van der Waals surface area (Å²) in [4.78, 5) is 11.3. The van der Waals surface area contributed by atoms with E-state index < -0.39 is 6.10 Å². The summed E-state index contributed by atoms with van der Waals surface area (Å²) in [6, 6.07) is 9.60. The van der Waals surface area contributed by atoms with E-state index in [0.29, 0.717) is 6.61 Å². The van der Waals surface area contributed by atoms with Gasteiger partial charge in [0.05, 0.1) is 0 Å². The third-order valence-corrected chi connectivity index (χ3v) is 1.96. The Labute approximate surface area is 84.9 Å². The van der Waals surface area contributed by atoms with Crippen LogP contribution in [0, 0.1) is 0 Å². The van der Waals surface area contributed by atoms with E-state index in [0.717, 1.165) is 12.0 Å². The third kappa shape index (κ3) is 2.96. The Morgan fingerprint density at radius 1 is 1.36 bits per heavy atom. The maximum absolute atomic E-state index is 11.3. The average molecular weight is 192 g/mol. The van der Waals surface area contributed by atoms with E-state index in [1.165, 1.54) is 0 Å². The zero-order valence-corrected chi connectivity index (χ0v) is 8.69. The van der Waals surface area contributed by atoms with Crippen molar-refractivity contribution in [2.24, 2.45) is 0 Å². The predicted molar refractivity (Wildman–Crippen MR) is 56.1 cm³/mol. The topological polar surface area (TPSA) is 26.3 Å². The highest BCUT2D eigenvalue weighted by molar-refractivity contribution is 5.81. The Hall–Kier alpha value is -1.15. The van der Waals surface area contributed by atoms with Crippen molar-refractivity contribution in [3.05, 3.63) is 35.9 Å². The van der Waals surface area contributed by atoms with Crippen molar-refractivity contribution in [3.63, 3.8) is 0 Å². The molecule has 0 saturated heterocycles. The second kappa shape index (κ2) is 5.55. The molecule has 0 aliphatic heterocycles. The van der Waals surface area contributed by atoms with Crippen LogP contribution in [0.5, 0.6) is 0 Å². The van der Waals surface area contributed by atoms with E-state index in [4.69, 9.17) is 4.74 Å². The minimum absolute atomic E-state index is 0.0599. The first-order valence-corrected chi connectivity index (χ1v) is 4.92. The lowest BCUT2D eigenvalue weighted by molar-refractivity contribution is -0.128. The Morgan fingerprint density at radius 2 is 2.00 bits per heavy atom. The lowest BCUT2D eigenvalue weighted by atomic mass is 10.1. The highest BCUT2D eigenvalue weighted by atomic mass is 16.5. The highest BCUT2D eigenvalue weighted by Crippen LogP contribution is 2.18. The Morgan fingerprint density at radius 3 is 2.50 bits per heavy atom. The number of hydrogen-bond acceptors (Lipinski definition) is 2. The number of carbonyl (C=O) groups excluding carboxylic acids is 1. The van der Waals surface area contributed by atoms with Crippen molar-refractivity contribution in [2.45, 2.75) is 26.4 Å². The first-order valence-electron chi connectivity index (χ1n) is 4.92. The monoisotopic (exact) mass is 192 g/mol. The van der Waals surface area contributed by atoms with Gasteiger partial charge in [0.25, 0.3) is 0 Å². The number of Topliss-reactive ketones (excluding diaryl/α,β-unsaturated/α-hetero) is 1. The number of rotatable bonds is 5. The first kappa shape index (κ1) is 10.9. The Bertz CT molecular complexity index is 280. The molecular formula is C12H16O2. The number of carbonyl (C=O) groups is 1. The second-order valence-corrected chi connectivity index (χ2v) is 3.27. The summed E-state index contributed by atoms with van der Waals surface area (Å²) >= 11 is 0. The maximum atomic E-state index is 11.3. The molecule has 0 saturated carbocycles. The fraction of sp³-hybridized carbons (Fsp3) is 0.417. The minimum atomic E-state index is -0.392. The fourth-order valence-electron chi connectivity index (χ4n) is 1.31. The van der Waals surface area contributed by atoms with E-state index in [1.54, 1.807) is 6.92 Å². The van der Waals surface area contributed by atoms with Gasteiger partial charge in [-0.3, -0.25) is 4.79 Å². The summed E-state index contributed by atoms with van der Waals surface area (Å²) in [5.41, 5.74) is 0.938. The van der Waals surface area contributed by atoms with E-state index in [2.05, 4.69) is 0 Å². The summed E-state index contributed by atoms with van der Waals surface area (Å²) in [5, 5.41) is 0. The molecule has 0 bridgehead atoms. The largest absolute Gasteiger partial charge is 0.366 e. The van der Waals surface area contributed by atoms with Crippen molar-refractivity contribution in [3.8, 4) is 0 Å². The summed E-state index contributed by atoms with van der Waals surface area (Å²) in [6.45, 7) is 4.22. The van der Waals surface area contributed by atoms with Gasteiger partial charge in [-0.25, -0.2) is 0 Å². The molecule has 2 nitrogen and oxygen atoms in total. The van der Waals surface area contributed by atoms with Crippen LogP contribution >= 0.6 is 0 Å². The first-order chi connectivity index (χ1) is 6.75. The smallest absolute Gasteiger partial charge is 0.163 e. The molecule has 0 heterocycles. The van der Waals surface area contributed by atoms with Crippen molar-refractivity contribution >= 4 is 5.78 Å². The summed E-state index contributed by atoms with van der Waals surface area (Å²) in [6.07, 6.45) is 0.535. The standard InChI is InChI=1S/C12H16O2/c1-3-9-14-12(10(2)13)11-7-5-4-6-8-11/h4-8,12H,3,9H2,1-2H3. The summed E-state index contributed by atoms with van der Waals surface area (Å²) in [7, 11) is 0. The molecule has 0 N–H and O–H groups in total. The molecule has 14 heavy (non-hydrogen) atoms. The zero-order chi connectivity index (χ0) is 10.4. The maximum Gasteiger partial charge on any atom is 0.163 e. The van der Waals surface area contributed by atoms with E-state index in [-0.39, 0.29) is 5.78 Å². The molecule has 2 heteroatoms. The lowest BCUT2D eigenvalue weighted by Crippen LogP contribution is -2.13. The van der Waals surface area contributed by atoms with Gasteiger partial charge in [0.2, 0.25) is 0 Å². The molecular weight excluding hydrogens is 176 g/mol. The van der Waals surface area contributed by atoms with Crippen LogP contribution in [0.2, 0.25) is 0 Å². The van der Waals surface area contributed by atoms with Crippen molar-refractivity contribution in [1.82, 2.24) is 0 Å². The van der Waals surface area contributed by atoms with E-state index in [1.807, 2.05) is 37.3 Å². The SMILES string of the molecule is CCCOC(C(C)=O)c1ccccc1. The van der Waals surface area contributed by atoms with Gasteiger partial charge in [0.1, 0.15) is 6.10 Å². The molecule has 1 aromatic rings. The molecule has 1 unspecified atom stereocenters. The number of benzene rings is 1. The summed E-state index contributed by atoms with van der Waals surface area (Å²) < 4.78 is 5.49. The van der Waals surface area contributed by atoms with Crippen molar-refractivity contribution in [1.29, 1.82) is 0 Å². The van der Waals surface area contributed by atoms with Gasteiger partial charge in [0, 0.05) is 6.61 Å². The predicted octanol–water partition coefficient (Wildman–Crippen LogP) is 2.74. The van der Waals surface area contributed by atoms with E-state index >= 15 is 0 Å². The molecule has 76 valence electrons. The van der Waals surface area contributed by atoms with Gasteiger partial charge in [-0.2, -0.15) is 0 Å². The molecule has 0 radical (unpaired) electrons. The molecule has 0 aliphatic carbocycles. The van der Waals surface area contributed by atoms with Crippen LogP contribution < -0.4 is 0 Å². The van der Waals surface area contributed by atoms with Crippen LogP contribution in [0.4, 0.5) is 0 Å².